The predicted molar refractivity (Wildman–Crippen MR) is 67.1 cm³/mol. The third-order valence-corrected chi connectivity index (χ3v) is 3.11. The van der Waals surface area contributed by atoms with E-state index in [1.54, 1.807) is 0 Å². The highest BCUT2D eigenvalue weighted by Gasteiger charge is 2.25. The molecule has 1 aromatic rings. The molecule has 0 saturated carbocycles. The number of fused-ring (bicyclic) bond motifs is 1. The second kappa shape index (κ2) is 4.62. The van der Waals surface area contributed by atoms with E-state index in [0.29, 0.717) is 6.61 Å². The molecule has 1 atom stereocenters. The Morgan fingerprint density at radius 2 is 2.18 bits per heavy atom. The molecule has 3 nitrogen and oxygen atoms in total. The van der Waals surface area contributed by atoms with Crippen molar-refractivity contribution in [2.45, 2.75) is 26.3 Å². The number of aryl methyl sites for hydroxylation is 2. The Labute approximate surface area is 101 Å². The lowest BCUT2D eigenvalue weighted by Crippen LogP contribution is -2.31. The van der Waals surface area contributed by atoms with E-state index in [2.05, 4.69) is 18.0 Å². The van der Waals surface area contributed by atoms with Crippen molar-refractivity contribution in [2.75, 3.05) is 6.61 Å². The SMILES string of the molecule is C=CC(=O)N[C@H]1CCOc2c(C)ccc(C)c21. The Balaban J connectivity index is 2.39. The fourth-order valence-corrected chi connectivity index (χ4v) is 2.23. The van der Waals surface area contributed by atoms with Crippen LogP contribution < -0.4 is 10.1 Å². The summed E-state index contributed by atoms with van der Waals surface area (Å²) in [6, 6.07) is 4.14. The maximum absolute atomic E-state index is 11.4. The van der Waals surface area contributed by atoms with E-state index >= 15 is 0 Å². The molecule has 0 unspecified atom stereocenters. The van der Waals surface area contributed by atoms with Crippen LogP contribution in [0.5, 0.6) is 5.75 Å². The summed E-state index contributed by atoms with van der Waals surface area (Å²) in [5, 5.41) is 2.96. The van der Waals surface area contributed by atoms with Gasteiger partial charge in [-0.15, -0.1) is 0 Å². The van der Waals surface area contributed by atoms with Crippen molar-refractivity contribution in [1.82, 2.24) is 5.32 Å². The maximum Gasteiger partial charge on any atom is 0.243 e. The second-order valence-corrected chi connectivity index (χ2v) is 4.34. The number of benzene rings is 1. The molecule has 1 aliphatic rings. The average molecular weight is 231 g/mol. The summed E-state index contributed by atoms with van der Waals surface area (Å²) in [6.45, 7) is 8.18. The van der Waals surface area contributed by atoms with E-state index in [0.717, 1.165) is 28.9 Å². The molecule has 90 valence electrons. The standard InChI is InChI=1S/C14H17NO2/c1-4-12(16)15-11-7-8-17-14-10(3)6-5-9(2)13(11)14/h4-6,11H,1,7-8H2,2-3H3,(H,15,16)/t11-/m0/s1. The molecule has 0 fully saturated rings. The van der Waals surface area contributed by atoms with Gasteiger partial charge in [0.05, 0.1) is 12.6 Å². The molecule has 0 spiro atoms. The number of hydrogen-bond acceptors (Lipinski definition) is 2. The number of carbonyl (C=O) groups is 1. The lowest BCUT2D eigenvalue weighted by atomic mass is 9.93. The van der Waals surface area contributed by atoms with E-state index in [1.165, 1.54) is 6.08 Å². The van der Waals surface area contributed by atoms with Crippen LogP contribution in [0.25, 0.3) is 0 Å². The minimum Gasteiger partial charge on any atom is -0.493 e. The fraction of sp³-hybridized carbons (Fsp3) is 0.357. The number of hydrogen-bond donors (Lipinski definition) is 1. The number of ether oxygens (including phenoxy) is 1. The Morgan fingerprint density at radius 1 is 1.47 bits per heavy atom. The Kier molecular flexibility index (Phi) is 3.18. The molecular formula is C14H17NO2. The largest absolute Gasteiger partial charge is 0.493 e. The van der Waals surface area contributed by atoms with Crippen LogP contribution in [0.15, 0.2) is 24.8 Å². The van der Waals surface area contributed by atoms with Gasteiger partial charge in [-0.2, -0.15) is 0 Å². The molecule has 0 radical (unpaired) electrons. The molecule has 1 N–H and O–H groups in total. The van der Waals surface area contributed by atoms with Gasteiger partial charge >= 0.3 is 0 Å². The Hall–Kier alpha value is -1.77. The van der Waals surface area contributed by atoms with Gasteiger partial charge in [-0.3, -0.25) is 4.79 Å². The molecule has 0 saturated heterocycles. The highest BCUT2D eigenvalue weighted by Crippen LogP contribution is 2.36. The minimum absolute atomic E-state index is 0.0316. The van der Waals surface area contributed by atoms with Crippen molar-refractivity contribution in [3.05, 3.63) is 41.5 Å². The molecule has 1 aromatic carbocycles. The first kappa shape index (κ1) is 11.7. The van der Waals surface area contributed by atoms with Gasteiger partial charge in [-0.05, 0) is 31.1 Å². The predicted octanol–water partition coefficient (Wildman–Crippen LogP) is 2.43. The zero-order chi connectivity index (χ0) is 12.4. The van der Waals surface area contributed by atoms with Crippen molar-refractivity contribution >= 4 is 5.91 Å². The van der Waals surface area contributed by atoms with Crippen LogP contribution >= 0.6 is 0 Å². The van der Waals surface area contributed by atoms with Crippen LogP contribution in [0.2, 0.25) is 0 Å². The molecule has 2 rings (SSSR count). The van der Waals surface area contributed by atoms with Crippen LogP contribution in [-0.4, -0.2) is 12.5 Å². The number of amides is 1. The van der Waals surface area contributed by atoms with Crippen LogP contribution in [0.1, 0.15) is 29.2 Å². The molecule has 3 heteroatoms. The fourth-order valence-electron chi connectivity index (χ4n) is 2.23. The molecule has 0 bridgehead atoms. The van der Waals surface area contributed by atoms with Gasteiger partial charge < -0.3 is 10.1 Å². The van der Waals surface area contributed by atoms with Gasteiger partial charge in [0.2, 0.25) is 5.91 Å². The molecule has 0 aromatic heterocycles. The lowest BCUT2D eigenvalue weighted by molar-refractivity contribution is -0.117. The lowest BCUT2D eigenvalue weighted by Gasteiger charge is -2.29. The van der Waals surface area contributed by atoms with Crippen molar-refractivity contribution in [3.63, 3.8) is 0 Å². The Morgan fingerprint density at radius 3 is 2.88 bits per heavy atom. The molecule has 1 amide bonds. The van der Waals surface area contributed by atoms with Gasteiger partial charge in [0.15, 0.2) is 0 Å². The van der Waals surface area contributed by atoms with E-state index < -0.39 is 0 Å². The number of rotatable bonds is 2. The van der Waals surface area contributed by atoms with Crippen molar-refractivity contribution < 1.29 is 9.53 Å². The first-order valence-corrected chi connectivity index (χ1v) is 5.79. The van der Waals surface area contributed by atoms with Gasteiger partial charge in [0.25, 0.3) is 0 Å². The van der Waals surface area contributed by atoms with Crippen molar-refractivity contribution in [1.29, 1.82) is 0 Å². The highest BCUT2D eigenvalue weighted by molar-refractivity contribution is 5.87. The molecule has 1 heterocycles. The van der Waals surface area contributed by atoms with E-state index in [9.17, 15) is 4.79 Å². The van der Waals surface area contributed by atoms with Crippen molar-refractivity contribution in [3.8, 4) is 5.75 Å². The summed E-state index contributed by atoms with van der Waals surface area (Å²) in [7, 11) is 0. The van der Waals surface area contributed by atoms with Crippen molar-refractivity contribution in [2.24, 2.45) is 0 Å². The highest BCUT2D eigenvalue weighted by atomic mass is 16.5. The zero-order valence-corrected chi connectivity index (χ0v) is 10.2. The normalized spacial score (nSPS) is 17.9. The van der Waals surface area contributed by atoms with Crippen LogP contribution in [0, 0.1) is 13.8 Å². The molecular weight excluding hydrogens is 214 g/mol. The van der Waals surface area contributed by atoms with Crippen LogP contribution in [-0.2, 0) is 4.79 Å². The summed E-state index contributed by atoms with van der Waals surface area (Å²) >= 11 is 0. The number of carbonyl (C=O) groups excluding carboxylic acids is 1. The van der Waals surface area contributed by atoms with Gasteiger partial charge in [0.1, 0.15) is 5.75 Å². The van der Waals surface area contributed by atoms with Gasteiger partial charge in [0, 0.05) is 12.0 Å². The van der Waals surface area contributed by atoms with Gasteiger partial charge in [-0.1, -0.05) is 18.7 Å². The minimum atomic E-state index is -0.135. The third-order valence-electron chi connectivity index (χ3n) is 3.11. The first-order valence-electron chi connectivity index (χ1n) is 5.79. The van der Waals surface area contributed by atoms with Gasteiger partial charge in [-0.25, -0.2) is 0 Å². The second-order valence-electron chi connectivity index (χ2n) is 4.34. The van der Waals surface area contributed by atoms with Crippen LogP contribution in [0.4, 0.5) is 0 Å². The summed E-state index contributed by atoms with van der Waals surface area (Å²) in [5.74, 6) is 0.786. The summed E-state index contributed by atoms with van der Waals surface area (Å²) in [6.07, 6.45) is 2.11. The van der Waals surface area contributed by atoms with Crippen LogP contribution in [0.3, 0.4) is 0 Å². The molecule has 1 aliphatic heterocycles. The molecule has 0 aliphatic carbocycles. The molecule has 17 heavy (non-hydrogen) atoms. The summed E-state index contributed by atoms with van der Waals surface area (Å²) < 4.78 is 5.70. The zero-order valence-electron chi connectivity index (χ0n) is 10.2. The average Bonchev–Trinajstić information content (AvgIpc) is 2.34. The maximum atomic E-state index is 11.4. The Bertz CT molecular complexity index is 466. The van der Waals surface area contributed by atoms with E-state index in [-0.39, 0.29) is 11.9 Å². The first-order chi connectivity index (χ1) is 8.13. The van der Waals surface area contributed by atoms with E-state index in [4.69, 9.17) is 4.74 Å². The topological polar surface area (TPSA) is 38.3 Å². The summed E-state index contributed by atoms with van der Waals surface area (Å²) in [4.78, 5) is 11.4. The third kappa shape index (κ3) is 2.18. The quantitative estimate of drug-likeness (QED) is 0.794. The smallest absolute Gasteiger partial charge is 0.243 e. The summed E-state index contributed by atoms with van der Waals surface area (Å²) in [5.41, 5.74) is 3.37. The monoisotopic (exact) mass is 231 g/mol. The number of nitrogens with one attached hydrogen (secondary N) is 1. The van der Waals surface area contributed by atoms with E-state index in [1.807, 2.05) is 19.9 Å².